The molecule has 0 unspecified atom stereocenters. The van der Waals surface area contributed by atoms with E-state index in [0.717, 1.165) is 29.7 Å². The molecule has 2 heterocycles. The van der Waals surface area contributed by atoms with E-state index in [2.05, 4.69) is 74.1 Å². The van der Waals surface area contributed by atoms with E-state index < -0.39 is 236 Å². The maximum Gasteiger partial charge on any atom is 0.326 e. The fourth-order valence-corrected chi connectivity index (χ4v) is 13.5. The minimum Gasteiger partial charge on any atom is -0.508 e. The molecule has 5 aromatic rings. The van der Waals surface area contributed by atoms with Crippen molar-refractivity contribution in [2.45, 2.75) is 215 Å². The number of carboxylic acid groups (broad SMARTS) is 3. The summed E-state index contributed by atoms with van der Waals surface area (Å²) in [6, 6.07) is 3.77. The van der Waals surface area contributed by atoms with Crippen molar-refractivity contribution in [1.82, 2.24) is 79.0 Å². The first-order valence-electron chi connectivity index (χ1n) is 40.0. The van der Waals surface area contributed by atoms with Crippen molar-refractivity contribution in [3.63, 3.8) is 0 Å². The molecule has 1 fully saturated rings. The molecule has 1 aliphatic heterocycles. The Morgan fingerprint density at radius 2 is 0.855 bits per heavy atom. The number of para-hydroxylation sites is 1. The second kappa shape index (κ2) is 48.2. The Labute approximate surface area is 712 Å². The maximum atomic E-state index is 15.2. The maximum absolute atomic E-state index is 15.2. The number of aromatic nitrogens is 1. The van der Waals surface area contributed by atoms with E-state index >= 15 is 9.59 Å². The van der Waals surface area contributed by atoms with Crippen molar-refractivity contribution in [1.29, 1.82) is 10.8 Å². The van der Waals surface area contributed by atoms with Gasteiger partial charge in [-0.25, -0.2) is 4.79 Å². The smallest absolute Gasteiger partial charge is 0.326 e. The number of aliphatic hydroxyl groups excluding tert-OH is 3. The molecule has 124 heavy (non-hydrogen) atoms. The number of phenolic OH excluding ortho intramolecular Hbond substituents is 2. The third-order valence-corrected chi connectivity index (χ3v) is 20.1. The van der Waals surface area contributed by atoms with Gasteiger partial charge in [-0.2, -0.15) is 0 Å². The van der Waals surface area contributed by atoms with Crippen LogP contribution in [0, 0.1) is 16.7 Å². The summed E-state index contributed by atoms with van der Waals surface area (Å²) in [5.41, 5.74) is 19.4. The average Bonchev–Trinajstić information content (AvgIpc) is 1.54. The van der Waals surface area contributed by atoms with Crippen LogP contribution >= 0.6 is 0 Å². The Balaban J connectivity index is 1.22. The lowest BCUT2D eigenvalue weighted by Gasteiger charge is -2.31. The van der Waals surface area contributed by atoms with Crippen molar-refractivity contribution < 1.29 is 113 Å². The highest BCUT2D eigenvalue weighted by Crippen LogP contribution is 2.24. The molecule has 0 spiro atoms. The first-order chi connectivity index (χ1) is 58.6. The van der Waals surface area contributed by atoms with Crippen LogP contribution in [0.25, 0.3) is 10.9 Å². The van der Waals surface area contributed by atoms with Crippen LogP contribution in [0.3, 0.4) is 0 Å². The number of rotatable bonds is 49. The standard InChI is InChI=1S/C81H112N20O23/c1-40(2)63(74(118)100-66(43(5)104)77(121)96-59(38-62(109)110)71(115)90-53(18-11-31-87-80(83)84)68(112)92-55(79(123)124)19-12-32-88-81(85)86)97-72(116)58(36-46-23-27-49(106)28-24-46)94-69(113)56(34-44-14-7-6-8-15-44)93-70(114)57(35-45-21-25-48(105)26-22-45)95-76(120)65(42(4)103)99-73(117)60-20-13-33-101(60)78(122)54(29-30-61(107)108)91-75(119)64(41(3)102)98-67(111)51(82)37-47-39-89-52-17-10-9-16-50(47)52/h6-10,14-17,21-28,39-43,51,53-60,63-66,89,102-106H,11-13,18-20,29-38,82H2,1-5H3,(H,90,115)(H,91,119)(H,92,112)(H,93,114)(H,94,113)(H,95,120)(H,96,121)(H,97,116)(H,98,111)(H,99,117)(H,100,118)(H,107,108)(H,109,110)(H,123,124)(H4,83,84,87)(H4,85,86,88)/t41-,42-,43-,51+,53+,54+,55+,56+,57+,58+,59+,60+,63+,64+,65+,66+/m1/s1. The van der Waals surface area contributed by atoms with Gasteiger partial charge in [-0.1, -0.05) is 86.6 Å². The van der Waals surface area contributed by atoms with Gasteiger partial charge in [-0.15, -0.1) is 0 Å². The number of hydrogen-bond donors (Lipinski definition) is 27. The van der Waals surface area contributed by atoms with Gasteiger partial charge < -0.3 is 137 Å². The number of nitrogens with one attached hydrogen (secondary N) is 16. The predicted molar refractivity (Wildman–Crippen MR) is 445 cm³/mol. The third-order valence-electron chi connectivity index (χ3n) is 20.1. The zero-order valence-corrected chi connectivity index (χ0v) is 68.9. The number of fused-ring (bicyclic) bond motifs is 1. The summed E-state index contributed by atoms with van der Waals surface area (Å²) in [7, 11) is 0. The normalized spacial score (nSPS) is 16.0. The van der Waals surface area contributed by atoms with E-state index in [4.69, 9.17) is 28.0 Å². The Hall–Kier alpha value is -13.5. The summed E-state index contributed by atoms with van der Waals surface area (Å²) in [4.78, 5) is 214. The summed E-state index contributed by atoms with van der Waals surface area (Å²) < 4.78 is 0. The minimum absolute atomic E-state index is 0.00139. The van der Waals surface area contributed by atoms with Crippen molar-refractivity contribution in [2.24, 2.45) is 23.1 Å². The molecule has 0 aliphatic carbocycles. The van der Waals surface area contributed by atoms with Gasteiger partial charge in [0.15, 0.2) is 11.9 Å². The van der Waals surface area contributed by atoms with Crippen LogP contribution in [0.1, 0.15) is 115 Å². The van der Waals surface area contributed by atoms with Crippen molar-refractivity contribution >= 4 is 112 Å². The number of hydrogen-bond acceptors (Lipinski definition) is 23. The predicted octanol–water partition coefficient (Wildman–Crippen LogP) is -4.75. The van der Waals surface area contributed by atoms with Gasteiger partial charge in [-0.05, 0) is 131 Å². The van der Waals surface area contributed by atoms with Crippen LogP contribution in [0.5, 0.6) is 11.5 Å². The summed E-state index contributed by atoms with van der Waals surface area (Å²) in [6.45, 7) is 6.11. The molecule has 1 saturated heterocycles. The van der Waals surface area contributed by atoms with E-state index in [1.807, 2.05) is 12.1 Å². The number of amides is 12. The van der Waals surface area contributed by atoms with Gasteiger partial charge in [-0.3, -0.25) is 77.9 Å². The molecule has 0 bridgehead atoms. The zero-order valence-electron chi connectivity index (χ0n) is 68.9. The number of likely N-dealkylation sites (tertiary alicyclic amines) is 1. The second-order valence-electron chi connectivity index (χ2n) is 30.5. The number of guanidine groups is 2. The monoisotopic (exact) mass is 1730 g/mol. The largest absolute Gasteiger partial charge is 0.508 e. The summed E-state index contributed by atoms with van der Waals surface area (Å²) in [5.74, 6) is -20.1. The van der Waals surface area contributed by atoms with E-state index in [1.165, 1.54) is 69.3 Å². The Bertz CT molecular complexity index is 4570. The molecule has 16 atom stereocenters. The van der Waals surface area contributed by atoms with Crippen LogP contribution in [-0.2, 0) is 97.6 Å². The van der Waals surface area contributed by atoms with Crippen LogP contribution in [0.2, 0.25) is 0 Å². The molecular weight excluding hydrogens is 1620 g/mol. The highest BCUT2D eigenvalue weighted by molar-refractivity contribution is 6.01. The molecule has 30 N–H and O–H groups in total. The molecular formula is C81H112N20O23. The fraction of sp³-hybridized carbons (Fsp3) is 0.469. The Morgan fingerprint density at radius 1 is 0.452 bits per heavy atom. The lowest BCUT2D eigenvalue weighted by molar-refractivity contribution is -0.144. The molecule has 12 amide bonds. The molecule has 43 nitrogen and oxygen atoms in total. The lowest BCUT2D eigenvalue weighted by atomic mass is 9.99. The molecule has 43 heteroatoms. The number of H-pyrrole nitrogens is 1. The summed E-state index contributed by atoms with van der Waals surface area (Å²) in [5, 5.41) is 131. The van der Waals surface area contributed by atoms with Gasteiger partial charge in [0.1, 0.15) is 84.0 Å². The van der Waals surface area contributed by atoms with Gasteiger partial charge in [0.25, 0.3) is 0 Å². The van der Waals surface area contributed by atoms with Gasteiger partial charge in [0, 0.05) is 62.4 Å². The molecule has 1 aliphatic rings. The topological polar surface area (TPSA) is 719 Å². The molecule has 0 radical (unpaired) electrons. The van der Waals surface area contributed by atoms with Gasteiger partial charge in [0.2, 0.25) is 70.9 Å². The number of aromatic amines is 1. The van der Waals surface area contributed by atoms with Crippen LogP contribution < -0.4 is 86.3 Å². The van der Waals surface area contributed by atoms with Gasteiger partial charge >= 0.3 is 17.9 Å². The number of aliphatic carboxylic acids is 3. The highest BCUT2D eigenvalue weighted by Gasteiger charge is 2.43. The van der Waals surface area contributed by atoms with Crippen molar-refractivity contribution in [2.75, 3.05) is 19.6 Å². The highest BCUT2D eigenvalue weighted by atomic mass is 16.4. The van der Waals surface area contributed by atoms with E-state index in [9.17, 15) is 103 Å². The summed E-state index contributed by atoms with van der Waals surface area (Å²) in [6.07, 6.45) is -7.48. The number of aliphatic hydroxyl groups is 3. The zero-order chi connectivity index (χ0) is 91.8. The van der Waals surface area contributed by atoms with Crippen molar-refractivity contribution in [3.05, 3.63) is 132 Å². The van der Waals surface area contributed by atoms with E-state index in [-0.39, 0.29) is 82.5 Å². The molecule has 6 rings (SSSR count). The number of benzene rings is 4. The average molecular weight is 1730 g/mol. The number of nitrogens with zero attached hydrogens (tertiary/aromatic N) is 1. The lowest BCUT2D eigenvalue weighted by Crippen LogP contribution is -2.63. The first kappa shape index (κ1) is 99.3. The third kappa shape index (κ3) is 31.5. The van der Waals surface area contributed by atoms with Gasteiger partial charge in [0.05, 0.1) is 30.8 Å². The second-order valence-corrected chi connectivity index (χ2v) is 30.5. The number of phenols is 2. The Kier molecular flexibility index (Phi) is 38.6. The van der Waals surface area contributed by atoms with Crippen LogP contribution in [0.15, 0.2) is 109 Å². The molecule has 1 aromatic heterocycles. The number of aromatic hydroxyl groups is 2. The molecule has 0 saturated carbocycles. The minimum atomic E-state index is -2.07. The SMILES string of the molecule is CC(C)[C@H](NC(=O)[C@H](Cc1ccc(O)cc1)NC(=O)[C@H](Cc1ccccc1)NC(=O)[C@H](Cc1ccc(O)cc1)NC(=O)[C@@H](NC(=O)[C@@H]1CCCN1C(=O)[C@H](CCC(=O)O)NC(=O)[C@@H](NC(=O)[C@@H](N)Cc1c[nH]c2ccccc12)[C@@H](C)O)[C@@H](C)O)C(=O)N[C@H](C(=O)N[C@@H](CC(=O)O)C(=O)N[C@@H](CCCNC(=N)N)C(=O)N[C@@H](CCCNC(=N)N)C(=O)O)[C@@H](C)O. The van der Waals surface area contributed by atoms with Crippen molar-refractivity contribution in [3.8, 4) is 11.5 Å². The number of carbonyl (C=O) groups is 15. The Morgan fingerprint density at radius 3 is 1.34 bits per heavy atom. The van der Waals surface area contributed by atoms with E-state index in [1.54, 1.807) is 48.7 Å². The fourth-order valence-electron chi connectivity index (χ4n) is 13.5. The van der Waals surface area contributed by atoms with Crippen LogP contribution in [0.4, 0.5) is 0 Å². The quantitative estimate of drug-likeness (QED) is 0.00988. The molecule has 4 aromatic carbocycles. The number of carbonyl (C=O) groups excluding carboxylic acids is 12. The van der Waals surface area contributed by atoms with E-state index in [0.29, 0.717) is 22.3 Å². The van der Waals surface area contributed by atoms with Crippen LogP contribution in [-0.4, -0.2) is 268 Å². The first-order valence-corrected chi connectivity index (χ1v) is 40.0. The number of nitrogens with two attached hydrogens (primary N) is 3. The molecule has 674 valence electrons. The summed E-state index contributed by atoms with van der Waals surface area (Å²) >= 11 is 0. The number of carboxylic acids is 3.